The van der Waals surface area contributed by atoms with Crippen LogP contribution in [0.3, 0.4) is 0 Å². The Kier molecular flexibility index (Phi) is 8.23. The topological polar surface area (TPSA) is 8.17 Å². The Bertz CT molecular complexity index is 3860. The fourth-order valence-electron chi connectivity index (χ4n) is 11.9. The van der Waals surface area contributed by atoms with Crippen molar-refractivity contribution in [3.05, 3.63) is 277 Å². The van der Waals surface area contributed by atoms with Gasteiger partial charge in [-0.1, -0.05) is 206 Å². The molecular weight excluding hydrogens is 809 g/mol. The Morgan fingerprint density at radius 3 is 1.60 bits per heavy atom. The van der Waals surface area contributed by atoms with Crippen LogP contribution in [0.15, 0.2) is 255 Å². The summed E-state index contributed by atoms with van der Waals surface area (Å²) in [5.41, 5.74) is 21.7. The molecule has 0 aliphatic heterocycles. The third kappa shape index (κ3) is 5.39. The lowest BCUT2D eigenvalue weighted by molar-refractivity contribution is 0.794. The first kappa shape index (κ1) is 37.6. The van der Waals surface area contributed by atoms with Crippen molar-refractivity contribution in [2.75, 3.05) is 4.90 Å². The number of fused-ring (bicyclic) bond motifs is 15. The van der Waals surface area contributed by atoms with Crippen molar-refractivity contribution in [3.63, 3.8) is 0 Å². The zero-order chi connectivity index (χ0) is 44.1. The lowest BCUT2D eigenvalue weighted by atomic mass is 9.70. The molecule has 0 amide bonds. The van der Waals surface area contributed by atoms with E-state index in [9.17, 15) is 0 Å². The van der Waals surface area contributed by atoms with Gasteiger partial charge in [0.2, 0.25) is 0 Å². The molecule has 0 bridgehead atoms. The van der Waals surface area contributed by atoms with E-state index in [4.69, 9.17) is 0 Å². The zero-order valence-corrected chi connectivity index (χ0v) is 36.6. The minimum Gasteiger partial charge on any atom is -0.310 e. The van der Waals surface area contributed by atoms with E-state index in [0.29, 0.717) is 0 Å². The second kappa shape index (κ2) is 14.7. The molecule has 0 N–H and O–H groups in total. The van der Waals surface area contributed by atoms with E-state index in [1.807, 2.05) is 0 Å². The molecule has 12 aromatic rings. The van der Waals surface area contributed by atoms with Crippen LogP contribution in [-0.4, -0.2) is 4.57 Å². The van der Waals surface area contributed by atoms with Crippen LogP contribution in [0.4, 0.5) is 17.1 Å². The van der Waals surface area contributed by atoms with Crippen molar-refractivity contribution in [1.29, 1.82) is 0 Å². The molecule has 0 atom stereocenters. The molecule has 2 aliphatic carbocycles. The molecule has 0 fully saturated rings. The fourth-order valence-corrected chi connectivity index (χ4v) is 11.9. The summed E-state index contributed by atoms with van der Waals surface area (Å²) in [5, 5.41) is 4.90. The number of rotatable bonds is 6. The number of benzene rings is 11. The van der Waals surface area contributed by atoms with Gasteiger partial charge in [0.15, 0.2) is 0 Å². The molecule has 0 saturated heterocycles. The van der Waals surface area contributed by atoms with Gasteiger partial charge in [-0.05, 0) is 115 Å². The van der Waals surface area contributed by atoms with Gasteiger partial charge in [0.05, 0.1) is 22.1 Å². The van der Waals surface area contributed by atoms with E-state index in [2.05, 4.69) is 264 Å². The van der Waals surface area contributed by atoms with Crippen LogP contribution in [0.25, 0.3) is 82.8 Å². The van der Waals surface area contributed by atoms with E-state index < -0.39 is 5.41 Å². The highest BCUT2D eigenvalue weighted by molar-refractivity contribution is 6.24. The SMILES string of the molecule is c1ccc(-c2ccc(-n3c4cc(N(c5ccccc5)c5cccc6c5-c5ccccc5C65c6ccccc6-c6ccccc65)ccc4c4c(-c5ccccc5)cc5ccccc5c43)cc2)cc1. The summed E-state index contributed by atoms with van der Waals surface area (Å²) < 4.78 is 2.52. The van der Waals surface area contributed by atoms with Crippen LogP contribution >= 0.6 is 0 Å². The number of aromatic nitrogens is 1. The molecule has 67 heavy (non-hydrogen) atoms. The van der Waals surface area contributed by atoms with E-state index in [1.54, 1.807) is 0 Å². The predicted molar refractivity (Wildman–Crippen MR) is 280 cm³/mol. The monoisotopic (exact) mass is 850 g/mol. The highest BCUT2D eigenvalue weighted by Crippen LogP contribution is 2.64. The van der Waals surface area contributed by atoms with Crippen LogP contribution < -0.4 is 4.90 Å². The zero-order valence-electron chi connectivity index (χ0n) is 36.6. The standard InChI is InChI=1S/C65H42N2/c1-4-19-43(20-5-1)44-35-37-48(38-36-44)67-61-42-49(39-40-54(61)62-55(45-21-6-2-7-22-45)41-46-23-10-11-26-50(46)64(62)67)66(47-24-8-3-9-25-47)60-34-18-33-59-63(60)53-29-14-17-32-58(53)65(59)56-30-15-12-27-51(56)52-28-13-16-31-57(52)65/h1-42H. The van der Waals surface area contributed by atoms with Gasteiger partial charge in [0, 0.05) is 38.8 Å². The van der Waals surface area contributed by atoms with Crippen molar-refractivity contribution in [2.45, 2.75) is 5.41 Å². The largest absolute Gasteiger partial charge is 0.310 e. The highest BCUT2D eigenvalue weighted by atomic mass is 15.1. The molecule has 2 heteroatoms. The Balaban J connectivity index is 1.07. The summed E-state index contributed by atoms with van der Waals surface area (Å²) >= 11 is 0. The Hall–Kier alpha value is -8.72. The summed E-state index contributed by atoms with van der Waals surface area (Å²) in [4.78, 5) is 2.50. The molecule has 312 valence electrons. The molecule has 2 nitrogen and oxygen atoms in total. The number of hydrogen-bond acceptors (Lipinski definition) is 1. The molecule has 0 saturated carbocycles. The van der Waals surface area contributed by atoms with Gasteiger partial charge in [0.25, 0.3) is 0 Å². The van der Waals surface area contributed by atoms with Crippen LogP contribution in [0, 0.1) is 0 Å². The first-order valence-electron chi connectivity index (χ1n) is 23.3. The first-order chi connectivity index (χ1) is 33.3. The van der Waals surface area contributed by atoms with Crippen molar-refractivity contribution < 1.29 is 0 Å². The third-order valence-electron chi connectivity index (χ3n) is 14.6. The second-order valence-corrected chi connectivity index (χ2v) is 17.9. The maximum Gasteiger partial charge on any atom is 0.0726 e. The smallest absolute Gasteiger partial charge is 0.0726 e. The number of anilines is 3. The summed E-state index contributed by atoms with van der Waals surface area (Å²) in [6, 6.07) is 94.3. The minimum atomic E-state index is -0.450. The van der Waals surface area contributed by atoms with Gasteiger partial charge in [-0.25, -0.2) is 0 Å². The summed E-state index contributed by atoms with van der Waals surface area (Å²) in [6.07, 6.45) is 0. The van der Waals surface area contributed by atoms with Crippen LogP contribution in [-0.2, 0) is 5.41 Å². The Morgan fingerprint density at radius 1 is 0.343 bits per heavy atom. The lowest BCUT2D eigenvalue weighted by Gasteiger charge is -2.31. The van der Waals surface area contributed by atoms with Crippen molar-refractivity contribution in [2.24, 2.45) is 0 Å². The Labute approximate surface area is 389 Å². The lowest BCUT2D eigenvalue weighted by Crippen LogP contribution is -2.26. The van der Waals surface area contributed by atoms with Crippen LogP contribution in [0.2, 0.25) is 0 Å². The van der Waals surface area contributed by atoms with Gasteiger partial charge in [0.1, 0.15) is 0 Å². The molecular formula is C65H42N2. The van der Waals surface area contributed by atoms with Gasteiger partial charge < -0.3 is 9.47 Å². The van der Waals surface area contributed by atoms with Gasteiger partial charge in [-0.15, -0.1) is 0 Å². The molecule has 1 spiro atoms. The van der Waals surface area contributed by atoms with Gasteiger partial charge in [-0.3, -0.25) is 0 Å². The van der Waals surface area contributed by atoms with Crippen LogP contribution in [0.1, 0.15) is 22.3 Å². The first-order valence-corrected chi connectivity index (χ1v) is 23.3. The number of hydrogen-bond donors (Lipinski definition) is 0. The molecule has 1 heterocycles. The molecule has 14 rings (SSSR count). The van der Waals surface area contributed by atoms with Crippen molar-refractivity contribution in [3.8, 4) is 50.2 Å². The molecule has 0 unspecified atom stereocenters. The van der Waals surface area contributed by atoms with Crippen molar-refractivity contribution in [1.82, 2.24) is 4.57 Å². The Morgan fingerprint density at radius 2 is 0.896 bits per heavy atom. The third-order valence-corrected chi connectivity index (χ3v) is 14.6. The summed E-state index contributed by atoms with van der Waals surface area (Å²) in [6.45, 7) is 0. The molecule has 0 radical (unpaired) electrons. The van der Waals surface area contributed by atoms with E-state index in [0.717, 1.165) is 28.3 Å². The van der Waals surface area contributed by atoms with E-state index in [1.165, 1.54) is 93.8 Å². The van der Waals surface area contributed by atoms with E-state index >= 15 is 0 Å². The van der Waals surface area contributed by atoms with Gasteiger partial charge >= 0.3 is 0 Å². The quantitative estimate of drug-likeness (QED) is 0.162. The minimum absolute atomic E-state index is 0.450. The predicted octanol–water partition coefficient (Wildman–Crippen LogP) is 17.1. The average molecular weight is 851 g/mol. The number of para-hydroxylation sites is 1. The summed E-state index contributed by atoms with van der Waals surface area (Å²) in [5.74, 6) is 0. The highest BCUT2D eigenvalue weighted by Gasteiger charge is 2.52. The van der Waals surface area contributed by atoms with Gasteiger partial charge in [-0.2, -0.15) is 0 Å². The molecule has 11 aromatic carbocycles. The molecule has 2 aliphatic rings. The van der Waals surface area contributed by atoms with Crippen LogP contribution in [0.5, 0.6) is 0 Å². The second-order valence-electron chi connectivity index (χ2n) is 17.9. The maximum atomic E-state index is 2.52. The fraction of sp³-hybridized carbons (Fsp3) is 0.0154. The normalized spacial score (nSPS) is 12.9. The molecule has 1 aromatic heterocycles. The maximum absolute atomic E-state index is 2.52. The number of nitrogens with zero attached hydrogens (tertiary/aromatic N) is 2. The summed E-state index contributed by atoms with van der Waals surface area (Å²) in [7, 11) is 0. The van der Waals surface area contributed by atoms with E-state index in [-0.39, 0.29) is 0 Å². The van der Waals surface area contributed by atoms with Crippen molar-refractivity contribution >= 4 is 49.6 Å². The average Bonchev–Trinajstić information content (AvgIpc) is 4.02.